The number of rotatable bonds is 0. The summed E-state index contributed by atoms with van der Waals surface area (Å²) in [7, 11) is 0. The van der Waals surface area contributed by atoms with Gasteiger partial charge in [0.25, 0.3) is 0 Å². The largest absolute Gasteiger partial charge is 0.389 e. The lowest BCUT2D eigenvalue weighted by Crippen LogP contribution is -2.55. The lowest BCUT2D eigenvalue weighted by atomic mass is 9.96. The van der Waals surface area contributed by atoms with Gasteiger partial charge in [-0.05, 0) is 13.8 Å². The third kappa shape index (κ3) is 1.90. The second-order valence-electron chi connectivity index (χ2n) is 3.36. The number of hydrogen-bond acceptors (Lipinski definition) is 4. The summed E-state index contributed by atoms with van der Waals surface area (Å²) in [5.41, 5.74) is 5.55. The first-order valence-electron chi connectivity index (χ1n) is 3.76. The van der Waals surface area contributed by atoms with Crippen LogP contribution in [0.4, 0.5) is 0 Å². The van der Waals surface area contributed by atoms with Gasteiger partial charge in [0, 0.05) is 12.5 Å². The molecular weight excluding hydrogens is 146 g/mol. The molecule has 0 aromatic heterocycles. The first kappa shape index (κ1) is 8.93. The Morgan fingerprint density at radius 3 is 2.64 bits per heavy atom. The molecule has 1 rings (SSSR count). The Kier molecular flexibility index (Phi) is 2.20. The van der Waals surface area contributed by atoms with Gasteiger partial charge in [0.05, 0.1) is 12.2 Å². The number of aliphatic hydroxyl groups excluding tert-OH is 1. The Hall–Kier alpha value is -0.160. The molecule has 0 aromatic rings. The van der Waals surface area contributed by atoms with Crippen molar-refractivity contribution in [3.63, 3.8) is 0 Å². The van der Waals surface area contributed by atoms with Crippen molar-refractivity contribution in [1.29, 1.82) is 0 Å². The standard InChI is InChI=1S/C7H15NO3/c1-4-6(9)5(8)3-7(2,10)11-4/h4-6,9-10H,3,8H2,1-2H3. The summed E-state index contributed by atoms with van der Waals surface area (Å²) in [5, 5.41) is 18.7. The topological polar surface area (TPSA) is 75.7 Å². The first-order valence-corrected chi connectivity index (χ1v) is 3.76. The van der Waals surface area contributed by atoms with Crippen LogP contribution in [0.15, 0.2) is 0 Å². The van der Waals surface area contributed by atoms with E-state index >= 15 is 0 Å². The van der Waals surface area contributed by atoms with Crippen molar-refractivity contribution in [3.05, 3.63) is 0 Å². The van der Waals surface area contributed by atoms with Crippen LogP contribution in [0, 0.1) is 0 Å². The van der Waals surface area contributed by atoms with Crippen molar-refractivity contribution < 1.29 is 14.9 Å². The molecule has 0 radical (unpaired) electrons. The average molecular weight is 161 g/mol. The van der Waals surface area contributed by atoms with E-state index in [9.17, 15) is 10.2 Å². The predicted octanol–water partition coefficient (Wildman–Crippen LogP) is -0.808. The van der Waals surface area contributed by atoms with Gasteiger partial charge in [-0.3, -0.25) is 0 Å². The van der Waals surface area contributed by atoms with E-state index in [1.54, 1.807) is 13.8 Å². The van der Waals surface area contributed by atoms with E-state index in [-0.39, 0.29) is 6.42 Å². The highest BCUT2D eigenvalue weighted by Crippen LogP contribution is 2.25. The fraction of sp³-hybridized carbons (Fsp3) is 1.00. The summed E-state index contributed by atoms with van der Waals surface area (Å²) in [6, 6.07) is -0.395. The van der Waals surface area contributed by atoms with Gasteiger partial charge in [0.1, 0.15) is 0 Å². The third-order valence-electron chi connectivity index (χ3n) is 1.97. The lowest BCUT2D eigenvalue weighted by Gasteiger charge is -2.39. The van der Waals surface area contributed by atoms with Gasteiger partial charge in [-0.1, -0.05) is 0 Å². The summed E-state index contributed by atoms with van der Waals surface area (Å²) in [6.07, 6.45) is -0.789. The Labute approximate surface area is 66.0 Å². The molecule has 1 aliphatic heterocycles. The van der Waals surface area contributed by atoms with E-state index in [1.165, 1.54) is 0 Å². The number of aliphatic hydroxyl groups is 2. The molecule has 4 N–H and O–H groups in total. The minimum absolute atomic E-state index is 0.276. The molecule has 0 amide bonds. The molecule has 0 saturated carbocycles. The molecule has 1 heterocycles. The van der Waals surface area contributed by atoms with Gasteiger partial charge in [-0.2, -0.15) is 0 Å². The Morgan fingerprint density at radius 1 is 1.64 bits per heavy atom. The molecule has 0 aliphatic carbocycles. The monoisotopic (exact) mass is 161 g/mol. The van der Waals surface area contributed by atoms with Crippen molar-refractivity contribution in [2.24, 2.45) is 5.73 Å². The van der Waals surface area contributed by atoms with E-state index in [1.807, 2.05) is 0 Å². The minimum atomic E-state index is -1.18. The summed E-state index contributed by atoms with van der Waals surface area (Å²) in [6.45, 7) is 3.24. The summed E-state index contributed by atoms with van der Waals surface area (Å²) in [5.74, 6) is -1.18. The molecule has 0 spiro atoms. The SMILES string of the molecule is CC1OC(C)(O)CC(N)C1O. The zero-order valence-corrected chi connectivity index (χ0v) is 6.82. The Morgan fingerprint density at radius 2 is 2.18 bits per heavy atom. The Balaban J connectivity index is 2.62. The van der Waals surface area contributed by atoms with Crippen LogP contribution in [0.3, 0.4) is 0 Å². The van der Waals surface area contributed by atoms with Crippen LogP contribution >= 0.6 is 0 Å². The summed E-state index contributed by atoms with van der Waals surface area (Å²) >= 11 is 0. The molecule has 4 heteroatoms. The second-order valence-corrected chi connectivity index (χ2v) is 3.36. The second kappa shape index (κ2) is 2.71. The molecule has 0 bridgehead atoms. The lowest BCUT2D eigenvalue weighted by molar-refractivity contribution is -0.266. The molecule has 1 saturated heterocycles. The van der Waals surface area contributed by atoms with E-state index in [4.69, 9.17) is 10.5 Å². The molecule has 1 aliphatic rings. The number of hydrogen-bond donors (Lipinski definition) is 3. The van der Waals surface area contributed by atoms with Gasteiger partial charge in [0.2, 0.25) is 0 Å². The van der Waals surface area contributed by atoms with Crippen molar-refractivity contribution in [2.45, 2.75) is 44.3 Å². The maximum absolute atomic E-state index is 9.42. The first-order chi connectivity index (χ1) is 4.92. The van der Waals surface area contributed by atoms with Gasteiger partial charge >= 0.3 is 0 Å². The molecule has 4 nitrogen and oxygen atoms in total. The summed E-state index contributed by atoms with van der Waals surface area (Å²) < 4.78 is 5.08. The van der Waals surface area contributed by atoms with Crippen LogP contribution in [-0.2, 0) is 4.74 Å². The smallest absolute Gasteiger partial charge is 0.164 e. The quantitative estimate of drug-likeness (QED) is 0.434. The van der Waals surface area contributed by atoms with E-state index in [0.29, 0.717) is 0 Å². The van der Waals surface area contributed by atoms with Gasteiger partial charge < -0.3 is 20.7 Å². The van der Waals surface area contributed by atoms with Crippen LogP contribution < -0.4 is 5.73 Å². The summed E-state index contributed by atoms with van der Waals surface area (Å²) in [4.78, 5) is 0. The van der Waals surface area contributed by atoms with E-state index in [0.717, 1.165) is 0 Å². The van der Waals surface area contributed by atoms with Crippen LogP contribution in [-0.4, -0.2) is 34.2 Å². The normalized spacial score (nSPS) is 52.6. The van der Waals surface area contributed by atoms with Crippen molar-refractivity contribution in [3.8, 4) is 0 Å². The Bertz CT molecular complexity index is 135. The van der Waals surface area contributed by atoms with Crippen LogP contribution in [0.2, 0.25) is 0 Å². The van der Waals surface area contributed by atoms with Gasteiger partial charge in [0.15, 0.2) is 5.79 Å². The molecule has 11 heavy (non-hydrogen) atoms. The number of nitrogens with two attached hydrogens (primary N) is 1. The molecule has 0 aromatic carbocycles. The number of ether oxygens (including phenoxy) is 1. The van der Waals surface area contributed by atoms with Crippen LogP contribution in [0.1, 0.15) is 20.3 Å². The van der Waals surface area contributed by atoms with E-state index in [2.05, 4.69) is 0 Å². The third-order valence-corrected chi connectivity index (χ3v) is 1.97. The van der Waals surface area contributed by atoms with Crippen LogP contribution in [0.5, 0.6) is 0 Å². The molecule has 4 unspecified atom stereocenters. The fourth-order valence-corrected chi connectivity index (χ4v) is 1.42. The molecule has 4 atom stereocenters. The van der Waals surface area contributed by atoms with Crippen molar-refractivity contribution in [2.75, 3.05) is 0 Å². The zero-order valence-electron chi connectivity index (χ0n) is 6.82. The van der Waals surface area contributed by atoms with Gasteiger partial charge in [-0.25, -0.2) is 0 Å². The van der Waals surface area contributed by atoms with Crippen molar-refractivity contribution in [1.82, 2.24) is 0 Å². The maximum Gasteiger partial charge on any atom is 0.164 e. The highest BCUT2D eigenvalue weighted by molar-refractivity contribution is 4.87. The zero-order chi connectivity index (χ0) is 8.65. The average Bonchev–Trinajstić information content (AvgIpc) is 1.81. The molecule has 66 valence electrons. The molecule has 1 fully saturated rings. The highest BCUT2D eigenvalue weighted by Gasteiger charge is 2.38. The van der Waals surface area contributed by atoms with Crippen molar-refractivity contribution >= 4 is 0 Å². The minimum Gasteiger partial charge on any atom is -0.389 e. The fourth-order valence-electron chi connectivity index (χ4n) is 1.42. The predicted molar refractivity (Wildman–Crippen MR) is 39.8 cm³/mol. The maximum atomic E-state index is 9.42. The van der Waals surface area contributed by atoms with Crippen LogP contribution in [0.25, 0.3) is 0 Å². The highest BCUT2D eigenvalue weighted by atomic mass is 16.6. The van der Waals surface area contributed by atoms with E-state index < -0.39 is 24.0 Å². The molecular formula is C7H15NO3. The van der Waals surface area contributed by atoms with Gasteiger partial charge in [-0.15, -0.1) is 0 Å².